The number of carbonyl (C=O) groups excluding carboxylic acids is 2. The topological polar surface area (TPSA) is 49.4 Å². The van der Waals surface area contributed by atoms with Gasteiger partial charge in [-0.05, 0) is 61.9 Å². The van der Waals surface area contributed by atoms with Gasteiger partial charge in [-0.1, -0.05) is 97.7 Å². The summed E-state index contributed by atoms with van der Waals surface area (Å²) >= 11 is 13.0. The molecular formula is C32H38Cl2N2O2. The summed E-state index contributed by atoms with van der Waals surface area (Å²) in [6.45, 7) is 10.3. The molecular weight excluding hydrogens is 515 g/mol. The van der Waals surface area contributed by atoms with Crippen LogP contribution in [-0.2, 0) is 29.0 Å². The Morgan fingerprint density at radius 2 is 1.45 bits per heavy atom. The summed E-state index contributed by atoms with van der Waals surface area (Å²) in [4.78, 5) is 29.2. The maximum Gasteiger partial charge on any atom is 0.243 e. The van der Waals surface area contributed by atoms with E-state index in [1.54, 1.807) is 23.1 Å². The fourth-order valence-electron chi connectivity index (χ4n) is 4.32. The molecule has 0 heterocycles. The number of aryl methyl sites for hydroxylation is 1. The van der Waals surface area contributed by atoms with Crippen LogP contribution in [0.2, 0.25) is 10.0 Å². The smallest absolute Gasteiger partial charge is 0.243 e. The van der Waals surface area contributed by atoms with Gasteiger partial charge >= 0.3 is 0 Å². The minimum Gasteiger partial charge on any atom is -0.350 e. The van der Waals surface area contributed by atoms with Gasteiger partial charge in [0.05, 0.1) is 0 Å². The lowest BCUT2D eigenvalue weighted by Crippen LogP contribution is -2.54. The Morgan fingerprint density at radius 1 is 0.842 bits per heavy atom. The van der Waals surface area contributed by atoms with Gasteiger partial charge in [-0.25, -0.2) is 0 Å². The largest absolute Gasteiger partial charge is 0.350 e. The van der Waals surface area contributed by atoms with E-state index in [0.29, 0.717) is 34.4 Å². The molecule has 3 rings (SSSR count). The Bertz CT molecular complexity index is 1200. The van der Waals surface area contributed by atoms with Crippen molar-refractivity contribution in [3.8, 4) is 0 Å². The first-order valence-corrected chi connectivity index (χ1v) is 13.9. The molecule has 2 amide bonds. The van der Waals surface area contributed by atoms with Crippen LogP contribution in [-0.4, -0.2) is 28.3 Å². The second-order valence-electron chi connectivity index (χ2n) is 11.1. The molecule has 0 spiro atoms. The fourth-order valence-corrected chi connectivity index (χ4v) is 4.84. The zero-order valence-electron chi connectivity index (χ0n) is 22.9. The summed E-state index contributed by atoms with van der Waals surface area (Å²) in [5.41, 5.74) is 3.48. The van der Waals surface area contributed by atoms with Crippen molar-refractivity contribution < 1.29 is 9.59 Å². The molecule has 202 valence electrons. The Kier molecular flexibility index (Phi) is 10.4. The molecule has 38 heavy (non-hydrogen) atoms. The lowest BCUT2D eigenvalue weighted by molar-refractivity contribution is -0.141. The molecule has 1 atom stereocenters. The van der Waals surface area contributed by atoms with Crippen LogP contribution in [0.15, 0.2) is 72.8 Å². The highest BCUT2D eigenvalue weighted by Gasteiger charge is 2.32. The van der Waals surface area contributed by atoms with E-state index in [1.807, 2.05) is 51.1 Å². The van der Waals surface area contributed by atoms with Gasteiger partial charge in [-0.15, -0.1) is 0 Å². The second-order valence-corrected chi connectivity index (χ2v) is 11.9. The number of halogens is 2. The summed E-state index contributed by atoms with van der Waals surface area (Å²) in [5, 5.41) is 4.02. The highest BCUT2D eigenvalue weighted by Crippen LogP contribution is 2.28. The third-order valence-corrected chi connectivity index (χ3v) is 7.14. The van der Waals surface area contributed by atoms with Crippen LogP contribution < -0.4 is 5.32 Å². The molecule has 0 unspecified atom stereocenters. The number of rotatable bonds is 10. The van der Waals surface area contributed by atoms with Gasteiger partial charge in [0.25, 0.3) is 0 Å². The predicted molar refractivity (Wildman–Crippen MR) is 158 cm³/mol. The molecule has 0 aliphatic carbocycles. The maximum atomic E-state index is 13.9. The van der Waals surface area contributed by atoms with Gasteiger partial charge in [-0.2, -0.15) is 0 Å². The molecule has 3 aromatic carbocycles. The molecule has 4 nitrogen and oxygen atoms in total. The van der Waals surface area contributed by atoms with E-state index >= 15 is 0 Å². The van der Waals surface area contributed by atoms with Crippen molar-refractivity contribution in [2.24, 2.45) is 0 Å². The van der Waals surface area contributed by atoms with Gasteiger partial charge in [0.15, 0.2) is 0 Å². The predicted octanol–water partition coefficient (Wildman–Crippen LogP) is 7.60. The molecule has 1 N–H and O–H groups in total. The molecule has 0 aliphatic rings. The lowest BCUT2D eigenvalue weighted by Gasteiger charge is -2.34. The molecule has 0 fully saturated rings. The van der Waals surface area contributed by atoms with Gasteiger partial charge in [0.2, 0.25) is 11.8 Å². The van der Waals surface area contributed by atoms with Crippen molar-refractivity contribution in [3.05, 3.63) is 105 Å². The highest BCUT2D eigenvalue weighted by molar-refractivity contribution is 6.36. The number of hydrogen-bond donors (Lipinski definition) is 1. The average molecular weight is 554 g/mol. The average Bonchev–Trinajstić information content (AvgIpc) is 2.86. The van der Waals surface area contributed by atoms with Gasteiger partial charge in [-0.3, -0.25) is 9.59 Å². The van der Waals surface area contributed by atoms with Crippen LogP contribution in [0.4, 0.5) is 0 Å². The first-order chi connectivity index (χ1) is 17.9. The van der Waals surface area contributed by atoms with Crippen molar-refractivity contribution >= 4 is 35.0 Å². The first kappa shape index (κ1) is 29.7. The summed E-state index contributed by atoms with van der Waals surface area (Å²) in [6, 6.07) is 22.7. The van der Waals surface area contributed by atoms with E-state index in [-0.39, 0.29) is 24.8 Å². The zero-order valence-corrected chi connectivity index (χ0v) is 24.4. The zero-order chi connectivity index (χ0) is 27.9. The Balaban J connectivity index is 1.95. The van der Waals surface area contributed by atoms with Crippen LogP contribution in [0.1, 0.15) is 69.2 Å². The Morgan fingerprint density at radius 3 is 2.00 bits per heavy atom. The number of amides is 2. The minimum atomic E-state index is -0.736. The summed E-state index contributed by atoms with van der Waals surface area (Å²) in [7, 11) is 0. The van der Waals surface area contributed by atoms with Crippen LogP contribution >= 0.6 is 23.2 Å². The SMILES string of the molecule is CC(C)c1ccc(CCC(=O)N(Cc2c(Cl)cccc2Cl)[C@H](Cc2ccccc2)C(=O)NC(C)(C)C)cc1. The summed E-state index contributed by atoms with van der Waals surface area (Å²) in [6.07, 6.45) is 1.21. The van der Waals surface area contributed by atoms with Gasteiger partial charge < -0.3 is 10.2 Å². The van der Waals surface area contributed by atoms with E-state index in [0.717, 1.165) is 11.1 Å². The number of hydrogen-bond acceptors (Lipinski definition) is 2. The molecule has 0 bridgehead atoms. The van der Waals surface area contributed by atoms with E-state index in [4.69, 9.17) is 23.2 Å². The van der Waals surface area contributed by atoms with E-state index < -0.39 is 11.6 Å². The lowest BCUT2D eigenvalue weighted by atomic mass is 9.98. The monoisotopic (exact) mass is 552 g/mol. The van der Waals surface area contributed by atoms with E-state index in [9.17, 15) is 9.59 Å². The molecule has 0 radical (unpaired) electrons. The standard InChI is InChI=1S/C32H38Cl2N2O2/c1-22(2)25-17-14-23(15-18-25)16-19-30(37)36(21-26-27(33)12-9-13-28(26)34)29(31(38)35-32(3,4)5)20-24-10-7-6-8-11-24/h6-15,17-18,22,29H,16,19-21H2,1-5H3,(H,35,38)/t29-/m1/s1. The third kappa shape index (κ3) is 8.61. The Hall–Kier alpha value is -2.82. The summed E-state index contributed by atoms with van der Waals surface area (Å²) < 4.78 is 0. The molecule has 0 aromatic heterocycles. The number of nitrogens with one attached hydrogen (secondary N) is 1. The van der Waals surface area contributed by atoms with E-state index in [1.165, 1.54) is 5.56 Å². The number of benzene rings is 3. The van der Waals surface area contributed by atoms with E-state index in [2.05, 4.69) is 43.4 Å². The molecule has 0 saturated heterocycles. The normalized spacial score (nSPS) is 12.3. The minimum absolute atomic E-state index is 0.126. The molecule has 0 saturated carbocycles. The molecule has 3 aromatic rings. The quantitative estimate of drug-likeness (QED) is 0.281. The van der Waals surface area contributed by atoms with Crippen LogP contribution in [0, 0.1) is 0 Å². The Labute approximate surface area is 237 Å². The van der Waals surface area contributed by atoms with Crippen molar-refractivity contribution in [1.82, 2.24) is 10.2 Å². The first-order valence-electron chi connectivity index (χ1n) is 13.1. The van der Waals surface area contributed by atoms with Gasteiger partial charge in [0, 0.05) is 40.5 Å². The van der Waals surface area contributed by atoms with Crippen LogP contribution in [0.25, 0.3) is 0 Å². The fraction of sp³-hybridized carbons (Fsp3) is 0.375. The highest BCUT2D eigenvalue weighted by atomic mass is 35.5. The number of nitrogens with zero attached hydrogens (tertiary/aromatic N) is 1. The van der Waals surface area contributed by atoms with Gasteiger partial charge in [0.1, 0.15) is 6.04 Å². The second kappa shape index (κ2) is 13.3. The molecule has 6 heteroatoms. The third-order valence-electron chi connectivity index (χ3n) is 6.43. The summed E-state index contributed by atoms with van der Waals surface area (Å²) in [5.74, 6) is 0.111. The van der Waals surface area contributed by atoms with Crippen molar-refractivity contribution in [3.63, 3.8) is 0 Å². The van der Waals surface area contributed by atoms with Crippen LogP contribution in [0.3, 0.4) is 0 Å². The van der Waals surface area contributed by atoms with Crippen molar-refractivity contribution in [2.75, 3.05) is 0 Å². The maximum absolute atomic E-state index is 13.9. The van der Waals surface area contributed by atoms with Crippen molar-refractivity contribution in [2.45, 2.75) is 77.9 Å². The van der Waals surface area contributed by atoms with Crippen LogP contribution in [0.5, 0.6) is 0 Å². The molecule has 0 aliphatic heterocycles. The number of carbonyl (C=O) groups is 2. The van der Waals surface area contributed by atoms with Crippen molar-refractivity contribution in [1.29, 1.82) is 0 Å².